The van der Waals surface area contributed by atoms with Crippen LogP contribution < -0.4 is 0 Å². The van der Waals surface area contributed by atoms with E-state index in [-0.39, 0.29) is 28.9 Å². The van der Waals surface area contributed by atoms with Crippen molar-refractivity contribution < 1.29 is 27.4 Å². The minimum absolute atomic E-state index is 0.122. The standard InChI is InChI=1S/C20H21F3N2O3/c21-16-10-13(19(24)28-20(25)18(22)23)9-15-14(16)4-3-12(17(15)26)2-1-11-5-7-27-8-6-11/h3,9-11,18,24-25H,1-2,4-8H2. The van der Waals surface area contributed by atoms with Gasteiger partial charge in [-0.15, -0.1) is 0 Å². The zero-order valence-electron chi connectivity index (χ0n) is 15.2. The zero-order valence-corrected chi connectivity index (χ0v) is 15.2. The number of benzene rings is 1. The summed E-state index contributed by atoms with van der Waals surface area (Å²) in [6.45, 7) is 1.45. The van der Waals surface area contributed by atoms with Crippen LogP contribution in [0.5, 0.6) is 0 Å². The molecule has 0 spiro atoms. The Hall–Kier alpha value is -2.48. The smallest absolute Gasteiger partial charge is 0.312 e. The molecular weight excluding hydrogens is 373 g/mol. The molecule has 0 radical (unpaired) electrons. The number of carbonyl (C=O) groups is 1. The molecule has 0 atom stereocenters. The van der Waals surface area contributed by atoms with Gasteiger partial charge in [0.2, 0.25) is 5.90 Å². The molecule has 2 aliphatic rings. The van der Waals surface area contributed by atoms with Crippen molar-refractivity contribution in [2.24, 2.45) is 5.92 Å². The molecule has 1 aromatic rings. The Kier molecular flexibility index (Phi) is 6.28. The van der Waals surface area contributed by atoms with E-state index in [0.29, 0.717) is 17.9 Å². The van der Waals surface area contributed by atoms with Crippen molar-refractivity contribution in [2.75, 3.05) is 13.2 Å². The fourth-order valence-corrected chi connectivity index (χ4v) is 3.49. The topological polar surface area (TPSA) is 83.2 Å². The summed E-state index contributed by atoms with van der Waals surface area (Å²) in [7, 11) is 0. The molecule has 1 aliphatic heterocycles. The van der Waals surface area contributed by atoms with Crippen molar-refractivity contribution in [2.45, 2.75) is 38.5 Å². The van der Waals surface area contributed by atoms with Gasteiger partial charge in [0.05, 0.1) is 0 Å². The lowest BCUT2D eigenvalue weighted by molar-refractivity contribution is 0.0639. The van der Waals surface area contributed by atoms with Gasteiger partial charge in [-0.2, -0.15) is 8.78 Å². The summed E-state index contributed by atoms with van der Waals surface area (Å²) in [5, 5.41) is 14.7. The second-order valence-corrected chi connectivity index (χ2v) is 6.94. The number of Topliss-reactive ketones (excluding diaryl/α,β-unsaturated/α-hetero) is 1. The minimum atomic E-state index is -3.18. The van der Waals surface area contributed by atoms with Crippen LogP contribution in [-0.4, -0.2) is 37.2 Å². The number of allylic oxidation sites excluding steroid dienone is 2. The molecule has 2 N–H and O–H groups in total. The summed E-state index contributed by atoms with van der Waals surface area (Å²) in [6, 6.07) is 2.25. The van der Waals surface area contributed by atoms with Crippen LogP contribution in [0.2, 0.25) is 0 Å². The van der Waals surface area contributed by atoms with Crippen molar-refractivity contribution >= 4 is 17.6 Å². The quantitative estimate of drug-likeness (QED) is 0.578. The van der Waals surface area contributed by atoms with Gasteiger partial charge in [-0.05, 0) is 55.7 Å². The Labute approximate surface area is 160 Å². The summed E-state index contributed by atoms with van der Waals surface area (Å²) in [6.07, 6.45) is 2.17. The highest BCUT2D eigenvalue weighted by Crippen LogP contribution is 2.30. The number of hydrogen-bond donors (Lipinski definition) is 2. The van der Waals surface area contributed by atoms with Crippen molar-refractivity contribution in [3.8, 4) is 0 Å². The van der Waals surface area contributed by atoms with E-state index >= 15 is 0 Å². The number of nitrogens with one attached hydrogen (secondary N) is 2. The van der Waals surface area contributed by atoms with Gasteiger partial charge in [0.1, 0.15) is 5.82 Å². The monoisotopic (exact) mass is 394 g/mol. The molecule has 150 valence electrons. The van der Waals surface area contributed by atoms with Gasteiger partial charge in [-0.1, -0.05) is 6.08 Å². The molecule has 0 saturated carbocycles. The third-order valence-electron chi connectivity index (χ3n) is 5.12. The molecule has 1 fully saturated rings. The first-order chi connectivity index (χ1) is 13.4. The lowest BCUT2D eigenvalue weighted by Gasteiger charge is -2.23. The van der Waals surface area contributed by atoms with Gasteiger partial charge >= 0.3 is 6.43 Å². The maximum atomic E-state index is 14.4. The number of halogens is 3. The molecule has 8 heteroatoms. The number of ether oxygens (including phenoxy) is 2. The maximum Gasteiger partial charge on any atom is 0.312 e. The normalized spacial score (nSPS) is 17.3. The molecule has 1 aliphatic carbocycles. The highest BCUT2D eigenvalue weighted by molar-refractivity contribution is 6.12. The van der Waals surface area contributed by atoms with Gasteiger partial charge in [0.25, 0.3) is 5.90 Å². The SMILES string of the molecule is N=C(OC(=N)C(F)F)c1cc(F)c2c(c1)C(=O)C(CCC1CCOCC1)=CC2. The largest absolute Gasteiger partial charge is 0.419 e. The summed E-state index contributed by atoms with van der Waals surface area (Å²) >= 11 is 0. The first-order valence-electron chi connectivity index (χ1n) is 9.14. The van der Waals surface area contributed by atoms with Gasteiger partial charge in [0, 0.05) is 29.9 Å². The lowest BCUT2D eigenvalue weighted by atomic mass is 9.84. The van der Waals surface area contributed by atoms with E-state index < -0.39 is 24.0 Å². The predicted molar refractivity (Wildman–Crippen MR) is 96.9 cm³/mol. The number of carbonyl (C=O) groups excluding carboxylic acids is 1. The van der Waals surface area contributed by atoms with E-state index in [9.17, 15) is 18.0 Å². The molecular formula is C20H21F3N2O3. The highest BCUT2D eigenvalue weighted by Gasteiger charge is 2.26. The molecule has 1 saturated heterocycles. The Morgan fingerprint density at radius 2 is 1.96 bits per heavy atom. The van der Waals surface area contributed by atoms with E-state index in [1.165, 1.54) is 6.07 Å². The minimum Gasteiger partial charge on any atom is -0.419 e. The number of rotatable bonds is 5. The van der Waals surface area contributed by atoms with E-state index in [4.69, 9.17) is 15.6 Å². The molecule has 1 heterocycles. The number of alkyl halides is 2. The van der Waals surface area contributed by atoms with E-state index in [1.54, 1.807) is 6.08 Å². The molecule has 0 unspecified atom stereocenters. The number of hydrogen-bond acceptors (Lipinski definition) is 5. The van der Waals surface area contributed by atoms with Crippen molar-refractivity contribution in [1.29, 1.82) is 10.8 Å². The summed E-state index contributed by atoms with van der Waals surface area (Å²) < 4.78 is 49.0. The average molecular weight is 394 g/mol. The summed E-state index contributed by atoms with van der Waals surface area (Å²) in [5.74, 6) is -2.71. The molecule has 5 nitrogen and oxygen atoms in total. The first kappa shape index (κ1) is 20.3. The predicted octanol–water partition coefficient (Wildman–Crippen LogP) is 4.28. The van der Waals surface area contributed by atoms with Crippen LogP contribution in [0, 0.1) is 22.6 Å². The van der Waals surface area contributed by atoms with Crippen LogP contribution >= 0.6 is 0 Å². The molecule has 0 bridgehead atoms. The molecule has 3 rings (SSSR count). The van der Waals surface area contributed by atoms with Gasteiger partial charge in [-0.25, -0.2) is 4.39 Å². The van der Waals surface area contributed by atoms with Crippen molar-refractivity contribution in [3.63, 3.8) is 0 Å². The van der Waals surface area contributed by atoms with Crippen molar-refractivity contribution in [3.05, 3.63) is 46.3 Å². The van der Waals surface area contributed by atoms with Crippen LogP contribution in [0.25, 0.3) is 0 Å². The highest BCUT2D eigenvalue weighted by atomic mass is 19.3. The molecule has 0 amide bonds. The summed E-state index contributed by atoms with van der Waals surface area (Å²) in [5.41, 5.74) is 0.792. The first-order valence-corrected chi connectivity index (χ1v) is 9.14. The van der Waals surface area contributed by atoms with E-state index in [2.05, 4.69) is 4.74 Å². The Morgan fingerprint density at radius 1 is 1.25 bits per heavy atom. The second-order valence-electron chi connectivity index (χ2n) is 6.94. The fraction of sp³-hybridized carbons (Fsp3) is 0.450. The van der Waals surface area contributed by atoms with Crippen LogP contribution in [0.3, 0.4) is 0 Å². The average Bonchev–Trinajstić information content (AvgIpc) is 2.68. The van der Waals surface area contributed by atoms with E-state index in [1.807, 2.05) is 0 Å². The van der Waals surface area contributed by atoms with Crippen molar-refractivity contribution in [1.82, 2.24) is 0 Å². The third kappa shape index (κ3) is 4.49. The summed E-state index contributed by atoms with van der Waals surface area (Å²) in [4.78, 5) is 12.8. The molecule has 28 heavy (non-hydrogen) atoms. The van der Waals surface area contributed by atoms with Crippen LogP contribution in [0.4, 0.5) is 13.2 Å². The number of ketones is 1. The van der Waals surface area contributed by atoms with E-state index in [0.717, 1.165) is 38.5 Å². The van der Waals surface area contributed by atoms with Gasteiger partial charge < -0.3 is 9.47 Å². The Balaban J connectivity index is 1.74. The molecule has 1 aromatic carbocycles. The second kappa shape index (κ2) is 8.68. The zero-order chi connectivity index (χ0) is 20.3. The Morgan fingerprint density at radius 3 is 2.64 bits per heavy atom. The van der Waals surface area contributed by atoms with Crippen LogP contribution in [-0.2, 0) is 15.9 Å². The van der Waals surface area contributed by atoms with Crippen LogP contribution in [0.1, 0.15) is 47.2 Å². The maximum absolute atomic E-state index is 14.4. The Bertz CT molecular complexity index is 830. The van der Waals surface area contributed by atoms with Crippen LogP contribution in [0.15, 0.2) is 23.8 Å². The number of fused-ring (bicyclic) bond motifs is 1. The third-order valence-corrected chi connectivity index (χ3v) is 5.12. The lowest BCUT2D eigenvalue weighted by Crippen LogP contribution is -2.21. The van der Waals surface area contributed by atoms with Gasteiger partial charge in [-0.3, -0.25) is 15.6 Å². The fourth-order valence-electron chi connectivity index (χ4n) is 3.49. The molecule has 0 aromatic heterocycles. The van der Waals surface area contributed by atoms with Gasteiger partial charge in [0.15, 0.2) is 5.78 Å².